The highest BCUT2D eigenvalue weighted by molar-refractivity contribution is 6.49. The van der Waals surface area contributed by atoms with E-state index in [9.17, 15) is 0 Å². The predicted molar refractivity (Wildman–Crippen MR) is 67.4 cm³/mol. The summed E-state index contributed by atoms with van der Waals surface area (Å²) in [7, 11) is 0. The number of halogens is 2. The summed E-state index contributed by atoms with van der Waals surface area (Å²) in [6.07, 6.45) is 12.2. The van der Waals surface area contributed by atoms with Gasteiger partial charge in [-0.2, -0.15) is 0 Å². The zero-order valence-electron chi connectivity index (χ0n) is 9.39. The lowest BCUT2D eigenvalue weighted by Gasteiger charge is -2.30. The summed E-state index contributed by atoms with van der Waals surface area (Å²) in [5, 5.41) is 0. The first-order valence-electron chi connectivity index (χ1n) is 6.22. The quantitative estimate of drug-likeness (QED) is 0.366. The molecule has 0 nitrogen and oxygen atoms in total. The van der Waals surface area contributed by atoms with Crippen molar-refractivity contribution < 1.29 is 0 Å². The zero-order valence-corrected chi connectivity index (χ0v) is 10.9. The van der Waals surface area contributed by atoms with E-state index in [1.807, 2.05) is 0 Å². The Morgan fingerprint density at radius 1 is 1.20 bits per heavy atom. The highest BCUT2D eigenvalue weighted by Crippen LogP contribution is 2.58. The lowest BCUT2D eigenvalue weighted by atomic mass is 9.88. The standard InChI is InChI=1S/C13H20Cl2/c1-2-3-4-5-6-12-10-7-8-11(9-10)13(12,14)15/h7-8,10-12H,2-6,9H2,1H3. The largest absolute Gasteiger partial charge is 0.127 e. The molecule has 0 amide bonds. The first-order chi connectivity index (χ1) is 7.16. The van der Waals surface area contributed by atoms with Crippen LogP contribution in [0.2, 0.25) is 0 Å². The second-order valence-electron chi connectivity index (χ2n) is 5.02. The number of unbranched alkanes of at least 4 members (excludes halogenated alkanes) is 3. The van der Waals surface area contributed by atoms with E-state index in [1.54, 1.807) is 0 Å². The van der Waals surface area contributed by atoms with E-state index >= 15 is 0 Å². The number of rotatable bonds is 5. The molecule has 0 radical (unpaired) electrons. The van der Waals surface area contributed by atoms with Crippen molar-refractivity contribution in [2.24, 2.45) is 17.8 Å². The molecule has 0 aromatic carbocycles. The minimum Gasteiger partial charge on any atom is -0.101 e. The summed E-state index contributed by atoms with van der Waals surface area (Å²) in [6, 6.07) is 0. The van der Waals surface area contributed by atoms with Crippen LogP contribution >= 0.6 is 23.2 Å². The molecule has 2 rings (SSSR count). The van der Waals surface area contributed by atoms with Gasteiger partial charge >= 0.3 is 0 Å². The van der Waals surface area contributed by atoms with Gasteiger partial charge in [0.05, 0.1) is 0 Å². The van der Waals surface area contributed by atoms with E-state index < -0.39 is 4.33 Å². The fourth-order valence-corrected chi connectivity index (χ4v) is 3.93. The van der Waals surface area contributed by atoms with Crippen molar-refractivity contribution in [3.8, 4) is 0 Å². The summed E-state index contributed by atoms with van der Waals surface area (Å²) in [6.45, 7) is 2.24. The van der Waals surface area contributed by atoms with Crippen LogP contribution in [0, 0.1) is 17.8 Å². The Bertz CT molecular complexity index is 245. The van der Waals surface area contributed by atoms with E-state index in [4.69, 9.17) is 23.2 Å². The van der Waals surface area contributed by atoms with E-state index in [0.29, 0.717) is 17.8 Å². The first kappa shape index (κ1) is 11.8. The molecule has 0 aromatic heterocycles. The lowest BCUT2D eigenvalue weighted by molar-refractivity contribution is 0.378. The monoisotopic (exact) mass is 246 g/mol. The van der Waals surface area contributed by atoms with Crippen LogP contribution in [-0.4, -0.2) is 4.33 Å². The van der Waals surface area contributed by atoms with Crippen LogP contribution in [0.15, 0.2) is 12.2 Å². The predicted octanol–water partition coefficient (Wildman–Crippen LogP) is 4.95. The third kappa shape index (κ3) is 2.22. The molecule has 0 aromatic rings. The Hall–Kier alpha value is 0.320. The van der Waals surface area contributed by atoms with Gasteiger partial charge < -0.3 is 0 Å². The lowest BCUT2D eigenvalue weighted by Crippen LogP contribution is -2.29. The molecule has 3 unspecified atom stereocenters. The van der Waals surface area contributed by atoms with Crippen LogP contribution in [0.1, 0.15) is 45.4 Å². The van der Waals surface area contributed by atoms with Crippen LogP contribution < -0.4 is 0 Å². The fourth-order valence-electron chi connectivity index (χ4n) is 3.07. The summed E-state index contributed by atoms with van der Waals surface area (Å²) in [5.41, 5.74) is 0. The summed E-state index contributed by atoms with van der Waals surface area (Å²) in [4.78, 5) is 0. The second-order valence-corrected chi connectivity index (χ2v) is 6.47. The third-order valence-corrected chi connectivity index (χ3v) is 5.11. The molecule has 1 saturated carbocycles. The Morgan fingerprint density at radius 3 is 2.60 bits per heavy atom. The van der Waals surface area contributed by atoms with Gasteiger partial charge in [-0.1, -0.05) is 44.8 Å². The molecule has 3 atom stereocenters. The Morgan fingerprint density at radius 2 is 2.00 bits per heavy atom. The molecule has 15 heavy (non-hydrogen) atoms. The SMILES string of the molecule is CCCCCCC1C2C=CC(C2)C1(Cl)Cl. The van der Waals surface area contributed by atoms with Crippen molar-refractivity contribution in [3.63, 3.8) is 0 Å². The van der Waals surface area contributed by atoms with Crippen molar-refractivity contribution in [2.45, 2.75) is 49.8 Å². The van der Waals surface area contributed by atoms with Crippen LogP contribution in [0.4, 0.5) is 0 Å². The molecule has 1 fully saturated rings. The van der Waals surface area contributed by atoms with Gasteiger partial charge in [0.15, 0.2) is 0 Å². The molecule has 2 heteroatoms. The number of hydrogen-bond donors (Lipinski definition) is 0. The molecule has 0 spiro atoms. The molecule has 0 aliphatic heterocycles. The zero-order chi connectivity index (χ0) is 10.9. The van der Waals surface area contributed by atoms with E-state index in [2.05, 4.69) is 19.1 Å². The molecular weight excluding hydrogens is 227 g/mol. The van der Waals surface area contributed by atoms with Gasteiger partial charge in [0.1, 0.15) is 4.33 Å². The maximum absolute atomic E-state index is 6.46. The average Bonchev–Trinajstić information content (AvgIpc) is 2.73. The molecule has 2 aliphatic rings. The normalized spacial score (nSPS) is 36.3. The maximum Gasteiger partial charge on any atom is 0.127 e. The highest BCUT2D eigenvalue weighted by atomic mass is 35.5. The Balaban J connectivity index is 1.84. The smallest absolute Gasteiger partial charge is 0.101 e. The van der Waals surface area contributed by atoms with E-state index in [1.165, 1.54) is 38.5 Å². The van der Waals surface area contributed by atoms with Gasteiger partial charge in [0.25, 0.3) is 0 Å². The van der Waals surface area contributed by atoms with Crippen LogP contribution in [0.3, 0.4) is 0 Å². The molecule has 2 aliphatic carbocycles. The fraction of sp³-hybridized carbons (Fsp3) is 0.846. The highest BCUT2D eigenvalue weighted by Gasteiger charge is 2.53. The summed E-state index contributed by atoms with van der Waals surface area (Å²) in [5.74, 6) is 1.58. The van der Waals surface area contributed by atoms with E-state index in [-0.39, 0.29) is 0 Å². The van der Waals surface area contributed by atoms with Gasteiger partial charge in [0, 0.05) is 5.92 Å². The van der Waals surface area contributed by atoms with Gasteiger partial charge in [-0.15, -0.1) is 23.2 Å². The van der Waals surface area contributed by atoms with Crippen molar-refractivity contribution in [2.75, 3.05) is 0 Å². The first-order valence-corrected chi connectivity index (χ1v) is 6.98. The van der Waals surface area contributed by atoms with Crippen molar-refractivity contribution in [1.29, 1.82) is 0 Å². The number of alkyl halides is 2. The summed E-state index contributed by atoms with van der Waals surface area (Å²) >= 11 is 12.9. The maximum atomic E-state index is 6.46. The van der Waals surface area contributed by atoms with Crippen LogP contribution in [-0.2, 0) is 0 Å². The van der Waals surface area contributed by atoms with Gasteiger partial charge in [-0.25, -0.2) is 0 Å². The van der Waals surface area contributed by atoms with Gasteiger partial charge in [-0.05, 0) is 24.7 Å². The molecule has 86 valence electrons. The van der Waals surface area contributed by atoms with Gasteiger partial charge in [-0.3, -0.25) is 0 Å². The third-order valence-electron chi connectivity index (χ3n) is 3.99. The van der Waals surface area contributed by atoms with Crippen LogP contribution in [0.5, 0.6) is 0 Å². The summed E-state index contributed by atoms with van der Waals surface area (Å²) < 4.78 is -0.467. The Kier molecular flexibility index (Phi) is 3.67. The molecule has 0 heterocycles. The number of allylic oxidation sites excluding steroid dienone is 2. The van der Waals surface area contributed by atoms with Crippen molar-refractivity contribution >= 4 is 23.2 Å². The van der Waals surface area contributed by atoms with Crippen molar-refractivity contribution in [3.05, 3.63) is 12.2 Å². The number of fused-ring (bicyclic) bond motifs is 2. The molecular formula is C13H20Cl2. The van der Waals surface area contributed by atoms with Crippen molar-refractivity contribution in [1.82, 2.24) is 0 Å². The molecule has 0 N–H and O–H groups in total. The molecule has 0 saturated heterocycles. The minimum absolute atomic E-state index is 0.419. The van der Waals surface area contributed by atoms with Crippen LogP contribution in [0.25, 0.3) is 0 Å². The number of hydrogen-bond acceptors (Lipinski definition) is 0. The Labute approximate surface area is 103 Å². The van der Waals surface area contributed by atoms with E-state index in [0.717, 1.165) is 0 Å². The second kappa shape index (κ2) is 4.67. The van der Waals surface area contributed by atoms with Gasteiger partial charge in [0.2, 0.25) is 0 Å². The molecule has 2 bridgehead atoms. The topological polar surface area (TPSA) is 0 Å². The average molecular weight is 247 g/mol. The minimum atomic E-state index is -0.467.